The summed E-state index contributed by atoms with van der Waals surface area (Å²) in [6, 6.07) is 0. The van der Waals surface area contributed by atoms with Crippen LogP contribution >= 0.6 is 0 Å². The third kappa shape index (κ3) is 1.91. The Hall–Kier alpha value is -1.83. The molecule has 0 spiro atoms. The normalized spacial score (nSPS) is 15.6. The number of aromatic nitrogens is 1. The van der Waals surface area contributed by atoms with Gasteiger partial charge < -0.3 is 4.57 Å². The van der Waals surface area contributed by atoms with Crippen molar-refractivity contribution in [2.24, 2.45) is 0 Å². The van der Waals surface area contributed by atoms with Crippen molar-refractivity contribution in [3.8, 4) is 0 Å². The fraction of sp³-hybridized carbons (Fsp3) is 0.267. The first kappa shape index (κ1) is 11.6. The Labute approximate surface area is 101 Å². The second-order valence-electron chi connectivity index (χ2n) is 4.27. The molecule has 88 valence electrons. The van der Waals surface area contributed by atoms with Crippen molar-refractivity contribution in [1.29, 1.82) is 0 Å². The van der Waals surface area contributed by atoms with Crippen LogP contribution in [0.2, 0.25) is 0 Å². The number of pyridine rings is 1. The van der Waals surface area contributed by atoms with E-state index in [9.17, 15) is 4.79 Å². The maximum atomic E-state index is 12.1. The van der Waals surface area contributed by atoms with E-state index in [0.717, 1.165) is 29.1 Å². The van der Waals surface area contributed by atoms with Gasteiger partial charge in [0.2, 0.25) is 0 Å². The number of hydrogen-bond acceptors (Lipinski definition) is 1. The van der Waals surface area contributed by atoms with E-state index in [-0.39, 0.29) is 5.43 Å². The van der Waals surface area contributed by atoms with Crippen LogP contribution in [0.5, 0.6) is 0 Å². The second-order valence-corrected chi connectivity index (χ2v) is 4.27. The monoisotopic (exact) mass is 227 g/mol. The van der Waals surface area contributed by atoms with E-state index in [1.165, 1.54) is 5.57 Å². The van der Waals surface area contributed by atoms with Crippen LogP contribution in [0.3, 0.4) is 0 Å². The molecule has 0 aliphatic carbocycles. The summed E-state index contributed by atoms with van der Waals surface area (Å²) in [5.74, 6) is 0. The minimum atomic E-state index is 0.111. The molecule has 0 unspecified atom stereocenters. The van der Waals surface area contributed by atoms with Crippen LogP contribution in [-0.2, 0) is 6.54 Å². The van der Waals surface area contributed by atoms with Crippen molar-refractivity contribution in [3.63, 3.8) is 0 Å². The van der Waals surface area contributed by atoms with Crippen molar-refractivity contribution in [1.82, 2.24) is 4.57 Å². The molecule has 0 amide bonds. The van der Waals surface area contributed by atoms with Gasteiger partial charge in [0, 0.05) is 23.5 Å². The molecule has 0 aromatic carbocycles. The topological polar surface area (TPSA) is 22.0 Å². The molecule has 2 nitrogen and oxygen atoms in total. The number of allylic oxidation sites excluding steroid dienone is 3. The Morgan fingerprint density at radius 3 is 2.88 bits per heavy atom. The van der Waals surface area contributed by atoms with Crippen LogP contribution in [0.25, 0.3) is 11.6 Å². The van der Waals surface area contributed by atoms with Crippen LogP contribution in [0.15, 0.2) is 35.8 Å². The highest BCUT2D eigenvalue weighted by molar-refractivity contribution is 5.58. The summed E-state index contributed by atoms with van der Waals surface area (Å²) in [6.07, 6.45) is 10.6. The predicted molar refractivity (Wildman–Crippen MR) is 72.2 cm³/mol. The van der Waals surface area contributed by atoms with E-state index >= 15 is 0 Å². The molecule has 0 saturated carbocycles. The zero-order valence-electron chi connectivity index (χ0n) is 10.4. The van der Waals surface area contributed by atoms with Crippen LogP contribution in [0.1, 0.15) is 18.9 Å². The Morgan fingerprint density at radius 2 is 2.24 bits per heavy atom. The summed E-state index contributed by atoms with van der Waals surface area (Å²) < 4.78 is 2.17. The maximum Gasteiger partial charge on any atom is 0.192 e. The Kier molecular flexibility index (Phi) is 3.14. The van der Waals surface area contributed by atoms with Gasteiger partial charge in [-0.05, 0) is 31.9 Å². The Morgan fingerprint density at radius 1 is 1.47 bits per heavy atom. The van der Waals surface area contributed by atoms with E-state index in [1.807, 2.05) is 32.2 Å². The average Bonchev–Trinajstić information content (AvgIpc) is 2.68. The lowest BCUT2D eigenvalue weighted by Gasteiger charge is -2.02. The first-order valence-corrected chi connectivity index (χ1v) is 5.87. The lowest BCUT2D eigenvalue weighted by molar-refractivity contribution is 0.724. The Bertz CT molecular complexity index is 659. The van der Waals surface area contributed by atoms with Crippen LogP contribution in [0, 0.1) is 6.92 Å². The van der Waals surface area contributed by atoms with E-state index in [1.54, 1.807) is 6.08 Å². The highest BCUT2D eigenvalue weighted by atomic mass is 16.1. The van der Waals surface area contributed by atoms with Gasteiger partial charge in [-0.25, -0.2) is 0 Å². The molecule has 2 rings (SSSR count). The average molecular weight is 227 g/mol. The lowest BCUT2D eigenvalue weighted by Crippen LogP contribution is -2.45. The number of hydrogen-bond donors (Lipinski definition) is 0. The van der Waals surface area contributed by atoms with Gasteiger partial charge in [0.1, 0.15) is 0 Å². The first-order valence-electron chi connectivity index (χ1n) is 5.87. The van der Waals surface area contributed by atoms with Crippen molar-refractivity contribution in [3.05, 3.63) is 57.4 Å². The molecule has 1 aliphatic rings. The summed E-state index contributed by atoms with van der Waals surface area (Å²) in [5, 5.41) is 1.82. The van der Waals surface area contributed by atoms with Crippen molar-refractivity contribution in [2.75, 3.05) is 0 Å². The summed E-state index contributed by atoms with van der Waals surface area (Å²) >= 11 is 0. The molecular weight excluding hydrogens is 210 g/mol. The molecule has 0 fully saturated rings. The van der Waals surface area contributed by atoms with Gasteiger partial charge in [-0.3, -0.25) is 4.79 Å². The van der Waals surface area contributed by atoms with Crippen LogP contribution in [0.4, 0.5) is 0 Å². The summed E-state index contributed by atoms with van der Waals surface area (Å²) in [7, 11) is 0. The molecule has 1 aliphatic heterocycles. The van der Waals surface area contributed by atoms with Gasteiger partial charge in [0.05, 0.1) is 5.35 Å². The zero-order chi connectivity index (χ0) is 12.4. The molecular formula is C15H17NO. The zero-order valence-corrected chi connectivity index (χ0v) is 10.4. The van der Waals surface area contributed by atoms with Gasteiger partial charge >= 0.3 is 0 Å². The number of nitrogens with zero attached hydrogens (tertiary/aromatic N) is 1. The molecule has 1 aromatic rings. The standard InChI is InChI=1S/C15H17NO/c1-4-6-12-8-9-16-10-11(3)15(17)13(7-5-2)14(12)16/h4-7,10H,2,8-9H2,1,3H3/b6-4-,13-7+. The van der Waals surface area contributed by atoms with Crippen molar-refractivity contribution in [2.45, 2.75) is 26.8 Å². The van der Waals surface area contributed by atoms with Crippen molar-refractivity contribution >= 4 is 11.6 Å². The summed E-state index contributed by atoms with van der Waals surface area (Å²) in [6.45, 7) is 8.51. The minimum Gasteiger partial charge on any atom is -0.346 e. The minimum absolute atomic E-state index is 0.111. The third-order valence-corrected chi connectivity index (χ3v) is 3.07. The molecule has 1 aromatic heterocycles. The number of rotatable bonds is 2. The van der Waals surface area contributed by atoms with Gasteiger partial charge in [-0.1, -0.05) is 24.8 Å². The van der Waals surface area contributed by atoms with Crippen molar-refractivity contribution < 1.29 is 0 Å². The molecule has 2 heteroatoms. The quantitative estimate of drug-likeness (QED) is 0.745. The first-order chi connectivity index (χ1) is 8.19. The van der Waals surface area contributed by atoms with Crippen LogP contribution in [-0.4, -0.2) is 4.57 Å². The van der Waals surface area contributed by atoms with E-state index in [4.69, 9.17) is 0 Å². The molecule has 2 heterocycles. The summed E-state index contributed by atoms with van der Waals surface area (Å²) in [5.41, 5.74) is 2.14. The highest BCUT2D eigenvalue weighted by Crippen LogP contribution is 2.09. The van der Waals surface area contributed by atoms with E-state index < -0.39 is 0 Å². The van der Waals surface area contributed by atoms with E-state index in [0.29, 0.717) is 0 Å². The fourth-order valence-electron chi connectivity index (χ4n) is 2.36. The SMILES string of the molecule is C=C/C=c1/c(=O)c(C)cn2c1=C(/C=C\C)CC2. The molecule has 0 N–H and O–H groups in total. The summed E-state index contributed by atoms with van der Waals surface area (Å²) in [4.78, 5) is 12.1. The van der Waals surface area contributed by atoms with Gasteiger partial charge in [0.15, 0.2) is 5.43 Å². The second kappa shape index (κ2) is 4.58. The molecule has 0 bridgehead atoms. The lowest BCUT2D eigenvalue weighted by atomic mass is 10.1. The van der Waals surface area contributed by atoms with E-state index in [2.05, 4.69) is 17.2 Å². The fourth-order valence-corrected chi connectivity index (χ4v) is 2.36. The molecule has 0 atom stereocenters. The third-order valence-electron chi connectivity index (χ3n) is 3.07. The predicted octanol–water partition coefficient (Wildman–Crippen LogP) is 1.25. The Balaban J connectivity index is 3.01. The smallest absolute Gasteiger partial charge is 0.192 e. The largest absolute Gasteiger partial charge is 0.346 e. The molecule has 17 heavy (non-hydrogen) atoms. The molecule has 0 radical (unpaired) electrons. The van der Waals surface area contributed by atoms with Crippen LogP contribution < -0.4 is 16.0 Å². The van der Waals surface area contributed by atoms with Gasteiger partial charge in [0.25, 0.3) is 0 Å². The number of fused-ring (bicyclic) bond motifs is 1. The highest BCUT2D eigenvalue weighted by Gasteiger charge is 2.11. The van der Waals surface area contributed by atoms with Gasteiger partial charge in [-0.2, -0.15) is 0 Å². The maximum absolute atomic E-state index is 12.1. The van der Waals surface area contributed by atoms with Gasteiger partial charge in [-0.15, -0.1) is 0 Å². The molecule has 0 saturated heterocycles. The number of aryl methyl sites for hydroxylation is 2.